The minimum atomic E-state index is 0.113. The molecule has 0 aliphatic rings. The lowest BCUT2D eigenvalue weighted by atomic mass is 10.1. The molecule has 0 amide bonds. The fourth-order valence-electron chi connectivity index (χ4n) is 1.18. The van der Waals surface area contributed by atoms with Crippen molar-refractivity contribution in [2.75, 3.05) is 0 Å². The van der Waals surface area contributed by atoms with Gasteiger partial charge in [0.2, 0.25) is 0 Å². The van der Waals surface area contributed by atoms with Crippen LogP contribution in [0.25, 0.3) is 0 Å². The summed E-state index contributed by atoms with van der Waals surface area (Å²) in [6.07, 6.45) is 14.2. The minimum absolute atomic E-state index is 0.113. The third-order valence-corrected chi connectivity index (χ3v) is 2.02. The summed E-state index contributed by atoms with van der Waals surface area (Å²) in [4.78, 5) is 11.1. The van der Waals surface area contributed by atoms with Crippen molar-refractivity contribution in [2.45, 2.75) is 52.4 Å². The van der Waals surface area contributed by atoms with Gasteiger partial charge in [0.1, 0.15) is 0 Å². The molecule has 0 spiro atoms. The molecule has 0 unspecified atom stereocenters. The molecule has 0 N–H and O–H groups in total. The number of ketones is 1. The van der Waals surface area contributed by atoms with Crippen LogP contribution in [-0.4, -0.2) is 5.78 Å². The molecule has 0 fully saturated rings. The first-order valence-electron chi connectivity index (χ1n) is 5.68. The van der Waals surface area contributed by atoms with Gasteiger partial charge in [-0.1, -0.05) is 45.3 Å². The summed E-state index contributed by atoms with van der Waals surface area (Å²) >= 11 is 0. The van der Waals surface area contributed by atoms with E-state index in [0.29, 0.717) is 0 Å². The fraction of sp³-hybridized carbons (Fsp3) is 0.615. The monoisotopic (exact) mass is 194 g/mol. The Morgan fingerprint density at radius 1 is 1.00 bits per heavy atom. The van der Waals surface area contributed by atoms with Gasteiger partial charge in [-0.25, -0.2) is 0 Å². The van der Waals surface area contributed by atoms with Gasteiger partial charge in [0.25, 0.3) is 0 Å². The molecule has 0 heterocycles. The number of carbonyl (C=O) groups is 1. The van der Waals surface area contributed by atoms with Gasteiger partial charge >= 0.3 is 0 Å². The van der Waals surface area contributed by atoms with Crippen molar-refractivity contribution in [1.29, 1.82) is 0 Å². The van der Waals surface area contributed by atoms with Gasteiger partial charge in [0, 0.05) is 0 Å². The summed E-state index contributed by atoms with van der Waals surface area (Å²) in [6, 6.07) is 0. The predicted molar refractivity (Wildman–Crippen MR) is 62.3 cm³/mol. The zero-order valence-corrected chi connectivity index (χ0v) is 9.46. The number of carbonyl (C=O) groups excluding carboxylic acids is 1. The van der Waals surface area contributed by atoms with Crippen LogP contribution in [-0.2, 0) is 4.79 Å². The summed E-state index contributed by atoms with van der Waals surface area (Å²) in [7, 11) is 0. The maximum absolute atomic E-state index is 11.1. The largest absolute Gasteiger partial charge is 0.290 e. The average Bonchev–Trinajstić information content (AvgIpc) is 2.20. The van der Waals surface area contributed by atoms with Crippen molar-refractivity contribution >= 4 is 5.78 Å². The van der Waals surface area contributed by atoms with Crippen LogP contribution in [0.15, 0.2) is 24.3 Å². The number of unbranched alkanes of at least 4 members (excludes halogenated alkanes) is 4. The summed E-state index contributed by atoms with van der Waals surface area (Å²) in [5.41, 5.74) is 0. The maximum Gasteiger partial charge on any atom is 0.177 e. The van der Waals surface area contributed by atoms with E-state index in [4.69, 9.17) is 0 Å². The van der Waals surface area contributed by atoms with Crippen molar-refractivity contribution in [1.82, 2.24) is 0 Å². The highest BCUT2D eigenvalue weighted by molar-refractivity contribution is 5.99. The summed E-state index contributed by atoms with van der Waals surface area (Å²) < 4.78 is 0. The molecule has 14 heavy (non-hydrogen) atoms. The van der Waals surface area contributed by atoms with E-state index in [1.54, 1.807) is 12.2 Å². The van der Waals surface area contributed by atoms with Gasteiger partial charge in [0.05, 0.1) is 0 Å². The fourth-order valence-corrected chi connectivity index (χ4v) is 1.18. The molecule has 80 valence electrons. The number of rotatable bonds is 8. The summed E-state index contributed by atoms with van der Waals surface area (Å²) in [6.45, 7) is 4.23. The molecule has 0 aromatic heterocycles. The third-order valence-electron chi connectivity index (χ3n) is 2.02. The van der Waals surface area contributed by atoms with Gasteiger partial charge in [-0.05, 0) is 31.4 Å². The molecule has 0 atom stereocenters. The molecule has 0 saturated heterocycles. The van der Waals surface area contributed by atoms with Crippen LogP contribution in [0, 0.1) is 0 Å². The SMILES string of the molecule is CCC=CC(=O)C=CCCCCCC. The van der Waals surface area contributed by atoms with Gasteiger partial charge in [-0.2, -0.15) is 0 Å². The first-order chi connectivity index (χ1) is 6.81. The number of hydrogen-bond acceptors (Lipinski definition) is 1. The van der Waals surface area contributed by atoms with Crippen LogP contribution >= 0.6 is 0 Å². The van der Waals surface area contributed by atoms with E-state index in [0.717, 1.165) is 12.8 Å². The predicted octanol–water partition coefficient (Wildman–Crippen LogP) is 4.05. The Hall–Kier alpha value is -0.850. The Morgan fingerprint density at radius 3 is 2.36 bits per heavy atom. The average molecular weight is 194 g/mol. The molecule has 0 rings (SSSR count). The second kappa shape index (κ2) is 10.2. The zero-order chi connectivity index (χ0) is 10.6. The molecule has 0 bridgehead atoms. The lowest BCUT2D eigenvalue weighted by Gasteiger charge is -1.93. The molecular weight excluding hydrogens is 172 g/mol. The molecule has 0 aliphatic carbocycles. The van der Waals surface area contributed by atoms with Crippen LogP contribution in [0.2, 0.25) is 0 Å². The zero-order valence-electron chi connectivity index (χ0n) is 9.46. The van der Waals surface area contributed by atoms with E-state index >= 15 is 0 Å². The van der Waals surface area contributed by atoms with Crippen LogP contribution in [0.3, 0.4) is 0 Å². The quantitative estimate of drug-likeness (QED) is 0.421. The highest BCUT2D eigenvalue weighted by Gasteiger charge is 1.87. The van der Waals surface area contributed by atoms with E-state index in [2.05, 4.69) is 6.92 Å². The molecule has 0 aliphatic heterocycles. The second-order valence-electron chi connectivity index (χ2n) is 3.46. The van der Waals surface area contributed by atoms with Crippen LogP contribution in [0.4, 0.5) is 0 Å². The third kappa shape index (κ3) is 9.24. The lowest BCUT2D eigenvalue weighted by Crippen LogP contribution is -1.84. The minimum Gasteiger partial charge on any atom is -0.290 e. The van der Waals surface area contributed by atoms with E-state index in [-0.39, 0.29) is 5.78 Å². The first kappa shape index (κ1) is 13.2. The molecule has 0 saturated carbocycles. The Kier molecular flexibility index (Phi) is 9.61. The Bertz CT molecular complexity index is 189. The van der Waals surface area contributed by atoms with E-state index < -0.39 is 0 Å². The van der Waals surface area contributed by atoms with Crippen molar-refractivity contribution in [2.24, 2.45) is 0 Å². The Labute approximate surface area is 87.9 Å². The maximum atomic E-state index is 11.1. The first-order valence-corrected chi connectivity index (χ1v) is 5.68. The lowest BCUT2D eigenvalue weighted by molar-refractivity contribution is -0.110. The molecule has 0 aromatic rings. The number of hydrogen-bond donors (Lipinski definition) is 0. The highest BCUT2D eigenvalue weighted by Crippen LogP contribution is 2.02. The highest BCUT2D eigenvalue weighted by atomic mass is 16.1. The van der Waals surface area contributed by atoms with Crippen LogP contribution in [0.1, 0.15) is 52.4 Å². The van der Waals surface area contributed by atoms with E-state index in [9.17, 15) is 4.79 Å². The molecule has 1 heteroatoms. The molecule has 0 aromatic carbocycles. The van der Waals surface area contributed by atoms with Crippen molar-refractivity contribution in [3.05, 3.63) is 24.3 Å². The normalized spacial score (nSPS) is 11.6. The molecular formula is C13H22O. The Morgan fingerprint density at radius 2 is 1.71 bits per heavy atom. The van der Waals surface area contributed by atoms with Crippen molar-refractivity contribution in [3.63, 3.8) is 0 Å². The van der Waals surface area contributed by atoms with Gasteiger partial charge in [-0.15, -0.1) is 0 Å². The molecule has 0 radical (unpaired) electrons. The Balaban J connectivity index is 3.42. The number of allylic oxidation sites excluding steroid dienone is 4. The second-order valence-corrected chi connectivity index (χ2v) is 3.46. The smallest absolute Gasteiger partial charge is 0.177 e. The van der Waals surface area contributed by atoms with E-state index in [1.807, 2.05) is 19.1 Å². The molecule has 1 nitrogen and oxygen atoms in total. The van der Waals surface area contributed by atoms with Gasteiger partial charge in [0.15, 0.2) is 5.78 Å². The van der Waals surface area contributed by atoms with Crippen molar-refractivity contribution < 1.29 is 4.79 Å². The topological polar surface area (TPSA) is 17.1 Å². The van der Waals surface area contributed by atoms with Crippen LogP contribution in [0.5, 0.6) is 0 Å². The van der Waals surface area contributed by atoms with Crippen molar-refractivity contribution in [3.8, 4) is 0 Å². The van der Waals surface area contributed by atoms with Gasteiger partial charge < -0.3 is 0 Å². The summed E-state index contributed by atoms with van der Waals surface area (Å²) in [5, 5.41) is 0. The van der Waals surface area contributed by atoms with E-state index in [1.165, 1.54) is 25.7 Å². The standard InChI is InChI=1S/C13H22O/c1-3-5-7-8-9-10-12-13(14)11-6-4-2/h6,10-12H,3-5,7-9H2,1-2H3. The van der Waals surface area contributed by atoms with Crippen LogP contribution < -0.4 is 0 Å². The van der Waals surface area contributed by atoms with Gasteiger partial charge in [-0.3, -0.25) is 4.79 Å². The summed E-state index contributed by atoms with van der Waals surface area (Å²) in [5.74, 6) is 0.113.